The van der Waals surface area contributed by atoms with Gasteiger partial charge in [0.15, 0.2) is 18.9 Å². The first-order valence-electron chi connectivity index (χ1n) is 20.8. The first-order valence-corrected chi connectivity index (χ1v) is 20.8. The highest BCUT2D eigenvalue weighted by molar-refractivity contribution is 5.31. The minimum atomic E-state index is -1.03. The normalized spacial score (nSPS) is 54.3. The summed E-state index contributed by atoms with van der Waals surface area (Å²) < 4.78 is 41.9. The maximum absolute atomic E-state index is 12.6. The third kappa shape index (κ3) is 6.91. The van der Waals surface area contributed by atoms with E-state index in [0.29, 0.717) is 25.2 Å². The fourth-order valence-electron chi connectivity index (χ4n) is 12.6. The fraction of sp³-hybridized carbons (Fsp3) is 0.902. The van der Waals surface area contributed by atoms with E-state index in [1.54, 1.807) is 13.8 Å². The van der Waals surface area contributed by atoms with Crippen LogP contribution in [-0.4, -0.2) is 122 Å². The number of ether oxygens (including phenoxy) is 6. The number of fused-ring (bicyclic) bond motifs is 5. The van der Waals surface area contributed by atoms with Crippen LogP contribution in [0.15, 0.2) is 16.7 Å². The molecule has 0 amide bonds. The van der Waals surface area contributed by atoms with Gasteiger partial charge in [0.05, 0.1) is 60.4 Å². The standard InChI is InChI=1S/C41H64O14/c1-19-36(47)28(42)15-34(50-19)54-38-21(3)52-35(17-30(38)44)55-37-20(2)51-33(16-29(37)43)53-24-8-10-39(4)23(13-24)6-7-26-27(39)14-31(45)40(5)25(9-11-41(26,40)48)22-12-32(46)49-18-22/h12,18-21,23-31,33-38,42-48H,6-11,13-17H2,1-5H3/p-1/t19-,20-,21-,23-,24+,25-,26-,27+,28+,29+,30+,31-,33+,34+,35+,36-,37-,38-,39+,40+,41+/m1/s1. The summed E-state index contributed by atoms with van der Waals surface area (Å²) >= 11 is 0. The van der Waals surface area contributed by atoms with Crippen molar-refractivity contribution in [1.29, 1.82) is 0 Å². The Labute approximate surface area is 323 Å². The second-order valence-electron chi connectivity index (χ2n) is 18.7. The summed E-state index contributed by atoms with van der Waals surface area (Å²) in [5.41, 5.74) is -1.08. The van der Waals surface area contributed by atoms with E-state index in [9.17, 15) is 35.7 Å². The van der Waals surface area contributed by atoms with Crippen LogP contribution < -0.4 is 5.11 Å². The number of hydrogen-bond donors (Lipinski definition) is 6. The number of rotatable bonds is 7. The van der Waals surface area contributed by atoms with Crippen molar-refractivity contribution < 1.29 is 68.6 Å². The summed E-state index contributed by atoms with van der Waals surface area (Å²) in [7, 11) is 0. The molecule has 21 atom stereocenters. The van der Waals surface area contributed by atoms with Crippen molar-refractivity contribution in [2.75, 3.05) is 0 Å². The van der Waals surface area contributed by atoms with Gasteiger partial charge in [-0.3, -0.25) is 0 Å². The van der Waals surface area contributed by atoms with Crippen LogP contribution in [0.1, 0.15) is 117 Å². The fourth-order valence-corrected chi connectivity index (χ4v) is 12.6. The Morgan fingerprint density at radius 1 is 0.691 bits per heavy atom. The van der Waals surface area contributed by atoms with E-state index in [1.807, 2.05) is 13.8 Å². The summed E-state index contributed by atoms with van der Waals surface area (Å²) in [6, 6.07) is 1.52. The van der Waals surface area contributed by atoms with Crippen molar-refractivity contribution in [3.8, 4) is 5.95 Å². The van der Waals surface area contributed by atoms with Crippen LogP contribution in [0.25, 0.3) is 0 Å². The maximum atomic E-state index is 12.6. The predicted octanol–water partition coefficient (Wildman–Crippen LogP) is 2.57. The molecule has 14 heteroatoms. The predicted molar refractivity (Wildman–Crippen MR) is 191 cm³/mol. The van der Waals surface area contributed by atoms with Gasteiger partial charge in [0, 0.05) is 24.7 Å². The van der Waals surface area contributed by atoms with E-state index < -0.39 is 96.9 Å². The molecule has 3 aliphatic heterocycles. The average Bonchev–Trinajstić information content (AvgIpc) is 3.67. The van der Waals surface area contributed by atoms with Gasteiger partial charge in [0.2, 0.25) is 0 Å². The molecule has 4 aliphatic carbocycles. The van der Waals surface area contributed by atoms with Gasteiger partial charge >= 0.3 is 0 Å². The minimum Gasteiger partial charge on any atom is -0.587 e. The second-order valence-corrected chi connectivity index (χ2v) is 18.7. The molecular formula is C41H63O14-. The van der Waals surface area contributed by atoms with Crippen molar-refractivity contribution in [2.45, 2.75) is 203 Å². The Morgan fingerprint density at radius 3 is 1.87 bits per heavy atom. The van der Waals surface area contributed by atoms with Gasteiger partial charge in [0.1, 0.15) is 18.3 Å². The lowest BCUT2D eigenvalue weighted by Crippen LogP contribution is -2.66. The first-order chi connectivity index (χ1) is 26.0. The second kappa shape index (κ2) is 15.0. The van der Waals surface area contributed by atoms with Crippen LogP contribution in [0.4, 0.5) is 0 Å². The van der Waals surface area contributed by atoms with Crippen LogP contribution in [0.5, 0.6) is 5.95 Å². The molecule has 1 aromatic rings. The zero-order chi connectivity index (χ0) is 39.2. The van der Waals surface area contributed by atoms with Gasteiger partial charge in [-0.1, -0.05) is 13.8 Å². The molecule has 0 aromatic carbocycles. The lowest BCUT2D eigenvalue weighted by atomic mass is 9.42. The van der Waals surface area contributed by atoms with Gasteiger partial charge in [-0.15, -0.1) is 0 Å². The molecule has 0 bridgehead atoms. The molecule has 7 fully saturated rings. The molecule has 6 N–H and O–H groups in total. The molecule has 55 heavy (non-hydrogen) atoms. The number of aliphatic hydroxyl groups excluding tert-OH is 5. The van der Waals surface area contributed by atoms with E-state index in [2.05, 4.69) is 6.92 Å². The van der Waals surface area contributed by atoms with Gasteiger partial charge < -0.3 is 68.6 Å². The van der Waals surface area contributed by atoms with Crippen molar-refractivity contribution in [3.05, 3.63) is 17.9 Å². The van der Waals surface area contributed by atoms with E-state index in [4.69, 9.17) is 32.8 Å². The molecule has 4 heterocycles. The highest BCUT2D eigenvalue weighted by atomic mass is 16.7. The van der Waals surface area contributed by atoms with E-state index >= 15 is 0 Å². The first kappa shape index (κ1) is 40.4. The van der Waals surface area contributed by atoms with Crippen LogP contribution in [0, 0.1) is 28.6 Å². The SMILES string of the molecule is C[C@H]1O[C@@H](O[C@H]2[C@@H](O)C[C@H](O[C@H]3[C@@H](O)C[C@H](O[C@H]4CC[C@@]5(C)[C@H](CC[C@@H]6[C@@H]5C[C@@H](O)[C@]5(C)[C@@H](c7coc([O-])c7)CC[C@]65O)C4)O[C@@H]3C)O[C@@H]2C)C[C@H](O)[C@@H]1O. The number of aliphatic hydroxyl groups is 6. The topological polar surface area (TPSA) is 213 Å². The number of hydrogen-bond acceptors (Lipinski definition) is 14. The zero-order valence-electron chi connectivity index (χ0n) is 32.8. The van der Waals surface area contributed by atoms with Crippen molar-refractivity contribution in [3.63, 3.8) is 0 Å². The van der Waals surface area contributed by atoms with Gasteiger partial charge in [-0.05, 0) is 119 Å². The van der Waals surface area contributed by atoms with E-state index in [1.165, 1.54) is 12.3 Å². The lowest BCUT2D eigenvalue weighted by molar-refractivity contribution is -0.336. The molecule has 1 aromatic heterocycles. The molecule has 0 unspecified atom stereocenters. The zero-order valence-corrected chi connectivity index (χ0v) is 32.8. The van der Waals surface area contributed by atoms with Crippen LogP contribution in [-0.2, 0) is 28.4 Å². The Kier molecular flexibility index (Phi) is 11.0. The summed E-state index contributed by atoms with van der Waals surface area (Å²) in [5, 5.41) is 78.7. The van der Waals surface area contributed by atoms with Crippen LogP contribution in [0.3, 0.4) is 0 Å². The van der Waals surface area contributed by atoms with Gasteiger partial charge in [0.25, 0.3) is 0 Å². The van der Waals surface area contributed by atoms with Gasteiger partial charge in [-0.25, -0.2) is 0 Å². The Morgan fingerprint density at radius 2 is 1.29 bits per heavy atom. The quantitative estimate of drug-likeness (QED) is 0.220. The van der Waals surface area contributed by atoms with E-state index in [-0.39, 0.29) is 48.5 Å². The largest absolute Gasteiger partial charge is 0.587 e. The molecule has 312 valence electrons. The Hall–Kier alpha value is -1.40. The van der Waals surface area contributed by atoms with Crippen LogP contribution >= 0.6 is 0 Å². The average molecular weight is 780 g/mol. The maximum Gasteiger partial charge on any atom is 0.161 e. The molecule has 4 saturated carbocycles. The molecular weight excluding hydrogens is 716 g/mol. The lowest BCUT2D eigenvalue weighted by Gasteiger charge is -2.65. The van der Waals surface area contributed by atoms with Crippen molar-refractivity contribution in [2.24, 2.45) is 28.6 Å². The molecule has 3 saturated heterocycles. The Balaban J connectivity index is 0.839. The monoisotopic (exact) mass is 779 g/mol. The van der Waals surface area contributed by atoms with Gasteiger partial charge in [-0.2, -0.15) is 0 Å². The summed E-state index contributed by atoms with van der Waals surface area (Å²) in [4.78, 5) is 0. The summed E-state index contributed by atoms with van der Waals surface area (Å²) in [6.07, 6.45) is -1.73. The highest BCUT2D eigenvalue weighted by Crippen LogP contribution is 2.70. The molecule has 7 aliphatic rings. The third-order valence-corrected chi connectivity index (χ3v) is 15.8. The molecule has 0 spiro atoms. The van der Waals surface area contributed by atoms with E-state index in [0.717, 1.165) is 37.7 Å². The highest BCUT2D eigenvalue weighted by Gasteiger charge is 2.70. The van der Waals surface area contributed by atoms with Crippen molar-refractivity contribution >= 4 is 0 Å². The Bertz CT molecular complexity index is 1460. The summed E-state index contributed by atoms with van der Waals surface area (Å²) in [6.45, 7) is 9.62. The third-order valence-electron chi connectivity index (χ3n) is 15.8. The smallest absolute Gasteiger partial charge is 0.161 e. The van der Waals surface area contributed by atoms with Crippen LogP contribution in [0.2, 0.25) is 0 Å². The van der Waals surface area contributed by atoms with Crippen molar-refractivity contribution in [1.82, 2.24) is 0 Å². The molecule has 0 radical (unpaired) electrons. The molecule has 8 rings (SSSR count). The summed E-state index contributed by atoms with van der Waals surface area (Å²) in [5.74, 6) is 0.0628. The molecule has 14 nitrogen and oxygen atoms in total. The number of furan rings is 1. The minimum absolute atomic E-state index is 0.0493.